The first-order chi connectivity index (χ1) is 15.4. The Labute approximate surface area is 188 Å². The molecule has 0 N–H and O–H groups in total. The summed E-state index contributed by atoms with van der Waals surface area (Å²) in [5, 5.41) is 0. The molecule has 0 aromatic heterocycles. The van der Waals surface area contributed by atoms with Crippen LogP contribution in [0.3, 0.4) is 0 Å². The van der Waals surface area contributed by atoms with Gasteiger partial charge in [0.05, 0.1) is 19.8 Å². The van der Waals surface area contributed by atoms with Crippen LogP contribution in [0.25, 0.3) is 0 Å². The SMILES string of the molecule is CC(=O)OC[C@@]1(OCc2ccccc2)[C@@H](COCc2ccccc2)O[C@@H]2OC(C)(C)O[C@@H]21. The number of ether oxygens (including phenoxy) is 6. The zero-order valence-electron chi connectivity index (χ0n) is 18.7. The summed E-state index contributed by atoms with van der Waals surface area (Å²) in [4.78, 5) is 11.7. The van der Waals surface area contributed by atoms with Crippen LogP contribution in [0.2, 0.25) is 0 Å². The zero-order chi connectivity index (χ0) is 22.6. The molecule has 2 aliphatic rings. The van der Waals surface area contributed by atoms with Crippen molar-refractivity contribution in [2.75, 3.05) is 13.2 Å². The Morgan fingerprint density at radius 3 is 2.19 bits per heavy atom. The highest BCUT2D eigenvalue weighted by atomic mass is 16.8. The fraction of sp³-hybridized carbons (Fsp3) is 0.480. The third-order valence-corrected chi connectivity index (χ3v) is 5.62. The van der Waals surface area contributed by atoms with Gasteiger partial charge < -0.3 is 28.4 Å². The molecule has 4 rings (SSSR count). The molecule has 0 amide bonds. The fourth-order valence-electron chi connectivity index (χ4n) is 4.06. The Hall–Kier alpha value is -2.29. The second-order valence-corrected chi connectivity index (χ2v) is 8.56. The van der Waals surface area contributed by atoms with Gasteiger partial charge in [0, 0.05) is 6.92 Å². The summed E-state index contributed by atoms with van der Waals surface area (Å²) in [5.41, 5.74) is 0.951. The largest absolute Gasteiger partial charge is 0.463 e. The Morgan fingerprint density at radius 1 is 0.938 bits per heavy atom. The van der Waals surface area contributed by atoms with E-state index in [1.165, 1.54) is 6.92 Å². The van der Waals surface area contributed by atoms with Crippen molar-refractivity contribution in [3.05, 3.63) is 71.8 Å². The minimum Gasteiger partial charge on any atom is -0.463 e. The molecule has 2 aliphatic heterocycles. The Bertz CT molecular complexity index is 886. The average molecular weight is 443 g/mol. The van der Waals surface area contributed by atoms with E-state index in [1.54, 1.807) is 0 Å². The van der Waals surface area contributed by atoms with Gasteiger partial charge in [-0.3, -0.25) is 4.79 Å². The van der Waals surface area contributed by atoms with Crippen LogP contribution in [0.1, 0.15) is 31.9 Å². The van der Waals surface area contributed by atoms with Crippen molar-refractivity contribution < 1.29 is 33.2 Å². The van der Waals surface area contributed by atoms with Crippen molar-refractivity contribution in [2.45, 2.75) is 63.9 Å². The van der Waals surface area contributed by atoms with E-state index >= 15 is 0 Å². The van der Waals surface area contributed by atoms with Crippen molar-refractivity contribution in [3.8, 4) is 0 Å². The van der Waals surface area contributed by atoms with Gasteiger partial charge in [0.15, 0.2) is 17.7 Å². The van der Waals surface area contributed by atoms with E-state index in [1.807, 2.05) is 74.5 Å². The van der Waals surface area contributed by atoms with E-state index in [2.05, 4.69) is 0 Å². The predicted octanol–water partition coefficient (Wildman–Crippen LogP) is 3.60. The lowest BCUT2D eigenvalue weighted by Crippen LogP contribution is -2.56. The summed E-state index contributed by atoms with van der Waals surface area (Å²) in [5.74, 6) is -1.25. The summed E-state index contributed by atoms with van der Waals surface area (Å²) >= 11 is 0. The maximum absolute atomic E-state index is 11.7. The zero-order valence-corrected chi connectivity index (χ0v) is 18.7. The van der Waals surface area contributed by atoms with Crippen LogP contribution in [0, 0.1) is 0 Å². The van der Waals surface area contributed by atoms with Crippen LogP contribution in [0.15, 0.2) is 60.7 Å². The lowest BCUT2D eigenvalue weighted by Gasteiger charge is -2.37. The van der Waals surface area contributed by atoms with E-state index in [9.17, 15) is 4.79 Å². The van der Waals surface area contributed by atoms with Crippen molar-refractivity contribution >= 4 is 5.97 Å². The number of hydrogen-bond acceptors (Lipinski definition) is 7. The molecule has 0 unspecified atom stereocenters. The minimum atomic E-state index is -1.09. The maximum atomic E-state index is 11.7. The molecule has 7 heteroatoms. The summed E-state index contributed by atoms with van der Waals surface area (Å²) in [6, 6.07) is 19.7. The first kappa shape index (κ1) is 22.9. The first-order valence-corrected chi connectivity index (χ1v) is 10.8. The second kappa shape index (κ2) is 9.68. The van der Waals surface area contributed by atoms with Gasteiger partial charge >= 0.3 is 5.97 Å². The fourth-order valence-corrected chi connectivity index (χ4v) is 4.06. The van der Waals surface area contributed by atoms with Gasteiger partial charge in [-0.2, -0.15) is 0 Å². The smallest absolute Gasteiger partial charge is 0.302 e. The highest BCUT2D eigenvalue weighted by molar-refractivity contribution is 5.66. The third-order valence-electron chi connectivity index (χ3n) is 5.62. The molecule has 4 atom stereocenters. The normalized spacial score (nSPS) is 28.4. The predicted molar refractivity (Wildman–Crippen MR) is 115 cm³/mol. The molecule has 0 aliphatic carbocycles. The number of hydrogen-bond donors (Lipinski definition) is 0. The van der Waals surface area contributed by atoms with Gasteiger partial charge in [-0.05, 0) is 25.0 Å². The molecule has 0 spiro atoms. The van der Waals surface area contributed by atoms with Crippen molar-refractivity contribution in [1.29, 1.82) is 0 Å². The highest BCUT2D eigenvalue weighted by Gasteiger charge is 2.65. The minimum absolute atomic E-state index is 0.0326. The van der Waals surface area contributed by atoms with E-state index in [0.29, 0.717) is 13.2 Å². The standard InChI is InChI=1S/C25H30O7/c1-18(26)28-17-25(29-15-20-12-8-5-9-13-20)21(16-27-14-19-10-6-4-7-11-19)30-23-22(25)31-24(2,3)32-23/h4-13,21-23H,14-17H2,1-3H3/t21-,22+,23-,25-/m1/s1. The van der Waals surface area contributed by atoms with E-state index in [4.69, 9.17) is 28.4 Å². The maximum Gasteiger partial charge on any atom is 0.302 e. The molecule has 172 valence electrons. The van der Waals surface area contributed by atoms with Crippen LogP contribution >= 0.6 is 0 Å². The van der Waals surface area contributed by atoms with Gasteiger partial charge in [-0.25, -0.2) is 0 Å². The average Bonchev–Trinajstić information content (AvgIpc) is 3.22. The molecular formula is C25H30O7. The quantitative estimate of drug-likeness (QED) is 0.550. The molecular weight excluding hydrogens is 412 g/mol. The van der Waals surface area contributed by atoms with Crippen molar-refractivity contribution in [3.63, 3.8) is 0 Å². The highest BCUT2D eigenvalue weighted by Crippen LogP contribution is 2.46. The molecule has 2 saturated heterocycles. The molecule has 2 aromatic carbocycles. The van der Waals surface area contributed by atoms with Gasteiger partial charge in [0.25, 0.3) is 0 Å². The lowest BCUT2D eigenvalue weighted by atomic mass is 9.92. The van der Waals surface area contributed by atoms with Gasteiger partial charge in [0.2, 0.25) is 0 Å². The van der Waals surface area contributed by atoms with Gasteiger partial charge in [-0.1, -0.05) is 60.7 Å². The number of benzene rings is 2. The van der Waals surface area contributed by atoms with E-state index < -0.39 is 35.9 Å². The first-order valence-electron chi connectivity index (χ1n) is 10.8. The Morgan fingerprint density at radius 2 is 1.56 bits per heavy atom. The van der Waals surface area contributed by atoms with Crippen LogP contribution in [-0.2, 0) is 46.4 Å². The van der Waals surface area contributed by atoms with E-state index in [0.717, 1.165) is 11.1 Å². The Kier molecular flexibility index (Phi) is 6.93. The summed E-state index contributed by atoms with van der Waals surface area (Å²) in [7, 11) is 0. The molecule has 32 heavy (non-hydrogen) atoms. The molecule has 2 aromatic rings. The molecule has 7 nitrogen and oxygen atoms in total. The van der Waals surface area contributed by atoms with Gasteiger partial charge in [0.1, 0.15) is 18.8 Å². The number of rotatable bonds is 9. The van der Waals surface area contributed by atoms with Crippen molar-refractivity contribution in [1.82, 2.24) is 0 Å². The molecule has 0 saturated carbocycles. The van der Waals surface area contributed by atoms with E-state index in [-0.39, 0.29) is 13.2 Å². The molecule has 0 radical (unpaired) electrons. The molecule has 2 fully saturated rings. The number of esters is 1. The molecule has 2 heterocycles. The Balaban J connectivity index is 1.55. The van der Waals surface area contributed by atoms with Crippen LogP contribution in [-0.4, -0.2) is 49.1 Å². The number of carbonyl (C=O) groups excluding carboxylic acids is 1. The second-order valence-electron chi connectivity index (χ2n) is 8.56. The third kappa shape index (κ3) is 5.19. The summed E-state index contributed by atoms with van der Waals surface area (Å²) in [6.45, 7) is 5.93. The van der Waals surface area contributed by atoms with Crippen LogP contribution in [0.5, 0.6) is 0 Å². The monoisotopic (exact) mass is 442 g/mol. The van der Waals surface area contributed by atoms with Crippen LogP contribution in [0.4, 0.5) is 0 Å². The topological polar surface area (TPSA) is 72.5 Å². The number of carbonyl (C=O) groups is 1. The lowest BCUT2D eigenvalue weighted by molar-refractivity contribution is -0.252. The number of fused-ring (bicyclic) bond motifs is 1. The van der Waals surface area contributed by atoms with Crippen molar-refractivity contribution in [2.24, 2.45) is 0 Å². The van der Waals surface area contributed by atoms with Crippen LogP contribution < -0.4 is 0 Å². The van der Waals surface area contributed by atoms with Gasteiger partial charge in [-0.15, -0.1) is 0 Å². The molecule has 0 bridgehead atoms. The summed E-state index contributed by atoms with van der Waals surface area (Å²) in [6.07, 6.45) is -1.78. The summed E-state index contributed by atoms with van der Waals surface area (Å²) < 4.78 is 36.2.